The predicted octanol–water partition coefficient (Wildman–Crippen LogP) is 3.77. The number of anilines is 2. The van der Waals surface area contributed by atoms with Crippen molar-refractivity contribution in [2.45, 2.75) is 39.2 Å². The maximum atomic E-state index is 4.71. The van der Waals surface area contributed by atoms with Crippen LogP contribution < -0.4 is 10.2 Å². The molecule has 2 heterocycles. The third kappa shape index (κ3) is 3.94. The number of nitrogens with one attached hydrogen (secondary N) is 1. The fourth-order valence-corrected chi connectivity index (χ4v) is 2.93. The van der Waals surface area contributed by atoms with Crippen LogP contribution in [0.3, 0.4) is 0 Å². The van der Waals surface area contributed by atoms with E-state index in [4.69, 9.17) is 4.98 Å². The second-order valence-electron chi connectivity index (χ2n) is 5.62. The second kappa shape index (κ2) is 6.89. The minimum absolute atomic E-state index is 0.318. The van der Waals surface area contributed by atoms with E-state index in [2.05, 4.69) is 60.5 Å². The molecule has 114 valence electrons. The number of likely N-dealkylation sites (N-methyl/N-ethyl adjacent to an activating group) is 1. The molecule has 0 spiro atoms. The number of rotatable bonds is 6. The van der Waals surface area contributed by atoms with E-state index >= 15 is 0 Å². The van der Waals surface area contributed by atoms with Gasteiger partial charge in [0.25, 0.3) is 0 Å². The van der Waals surface area contributed by atoms with Gasteiger partial charge in [-0.15, -0.1) is 11.3 Å². The highest BCUT2D eigenvalue weighted by molar-refractivity contribution is 7.09. The highest BCUT2D eigenvalue weighted by Gasteiger charge is 2.15. The van der Waals surface area contributed by atoms with Gasteiger partial charge >= 0.3 is 0 Å². The van der Waals surface area contributed by atoms with Crippen molar-refractivity contribution in [3.63, 3.8) is 0 Å². The van der Waals surface area contributed by atoms with Crippen molar-refractivity contribution in [3.05, 3.63) is 34.3 Å². The van der Waals surface area contributed by atoms with Gasteiger partial charge in [-0.1, -0.05) is 19.9 Å². The largest absolute Gasteiger partial charge is 0.373 e. The minimum Gasteiger partial charge on any atom is -0.373 e. The van der Waals surface area contributed by atoms with Crippen LogP contribution in [0.15, 0.2) is 23.6 Å². The fourth-order valence-electron chi connectivity index (χ4n) is 2.10. The zero-order valence-electron chi connectivity index (χ0n) is 13.4. The molecule has 0 radical (unpaired) electrons. The number of nitrogens with zero attached hydrogens (tertiary/aromatic N) is 3. The van der Waals surface area contributed by atoms with Crippen LogP contribution in [-0.4, -0.2) is 30.1 Å². The molecule has 1 N–H and O–H groups in total. The first-order valence-electron chi connectivity index (χ1n) is 7.33. The number of hydrogen-bond donors (Lipinski definition) is 1. The maximum absolute atomic E-state index is 4.71. The molecule has 0 amide bonds. The summed E-state index contributed by atoms with van der Waals surface area (Å²) in [7, 11) is 4.00. The molecular formula is C16H24N4S. The number of aromatic nitrogens is 2. The van der Waals surface area contributed by atoms with E-state index in [0.717, 1.165) is 23.9 Å². The summed E-state index contributed by atoms with van der Waals surface area (Å²) >= 11 is 1.81. The van der Waals surface area contributed by atoms with Gasteiger partial charge in [-0.05, 0) is 18.4 Å². The van der Waals surface area contributed by atoms with E-state index < -0.39 is 0 Å². The third-order valence-electron chi connectivity index (χ3n) is 3.60. The molecule has 0 aliphatic carbocycles. The molecule has 1 atom stereocenters. The molecule has 0 bridgehead atoms. The van der Waals surface area contributed by atoms with Crippen LogP contribution in [0.5, 0.6) is 0 Å². The summed E-state index contributed by atoms with van der Waals surface area (Å²) in [5, 5.41) is 5.25. The van der Waals surface area contributed by atoms with Gasteiger partial charge in [0.2, 0.25) is 0 Å². The summed E-state index contributed by atoms with van der Waals surface area (Å²) in [6, 6.07) is 6.70. The van der Waals surface area contributed by atoms with Gasteiger partial charge in [0.1, 0.15) is 17.5 Å². The lowest BCUT2D eigenvalue weighted by Crippen LogP contribution is -2.31. The Labute approximate surface area is 131 Å². The third-order valence-corrected chi connectivity index (χ3v) is 4.50. The van der Waals surface area contributed by atoms with Gasteiger partial charge in [-0.25, -0.2) is 9.97 Å². The van der Waals surface area contributed by atoms with Gasteiger partial charge < -0.3 is 10.2 Å². The molecule has 2 aromatic heterocycles. The number of hydrogen-bond acceptors (Lipinski definition) is 5. The zero-order chi connectivity index (χ0) is 15.4. The van der Waals surface area contributed by atoms with Gasteiger partial charge in [-0.2, -0.15) is 0 Å². The predicted molar refractivity (Wildman–Crippen MR) is 91.6 cm³/mol. The van der Waals surface area contributed by atoms with Crippen molar-refractivity contribution in [1.29, 1.82) is 0 Å². The first kappa shape index (κ1) is 15.8. The summed E-state index contributed by atoms with van der Waals surface area (Å²) in [5.41, 5.74) is 0. The molecule has 2 aromatic rings. The van der Waals surface area contributed by atoms with Crippen molar-refractivity contribution in [2.24, 2.45) is 0 Å². The highest BCUT2D eigenvalue weighted by atomic mass is 32.1. The van der Waals surface area contributed by atoms with Crippen LogP contribution in [0.2, 0.25) is 0 Å². The van der Waals surface area contributed by atoms with E-state index in [0.29, 0.717) is 12.0 Å². The average molecular weight is 304 g/mol. The molecule has 5 heteroatoms. The van der Waals surface area contributed by atoms with E-state index in [9.17, 15) is 0 Å². The van der Waals surface area contributed by atoms with E-state index in [-0.39, 0.29) is 0 Å². The summed E-state index contributed by atoms with van der Waals surface area (Å²) in [5.74, 6) is 3.05. The van der Waals surface area contributed by atoms with E-state index in [1.54, 1.807) is 0 Å². The Bertz CT molecular complexity index is 566. The maximum Gasteiger partial charge on any atom is 0.135 e. The lowest BCUT2D eigenvalue weighted by atomic mass is 10.2. The molecule has 0 aliphatic heterocycles. The first-order valence-corrected chi connectivity index (χ1v) is 8.21. The summed E-state index contributed by atoms with van der Waals surface area (Å²) in [6.45, 7) is 6.47. The van der Waals surface area contributed by atoms with Crippen LogP contribution in [-0.2, 0) is 6.42 Å². The Morgan fingerprint density at radius 1 is 1.29 bits per heavy atom. The molecule has 0 aliphatic rings. The molecule has 0 aromatic carbocycles. The van der Waals surface area contributed by atoms with Crippen molar-refractivity contribution in [2.75, 3.05) is 24.3 Å². The lowest BCUT2D eigenvalue weighted by Gasteiger charge is -2.26. The Morgan fingerprint density at radius 2 is 2.05 bits per heavy atom. The quantitative estimate of drug-likeness (QED) is 0.882. The molecule has 2 rings (SSSR count). The van der Waals surface area contributed by atoms with Crippen LogP contribution in [0.25, 0.3) is 0 Å². The molecular weight excluding hydrogens is 280 g/mol. The lowest BCUT2D eigenvalue weighted by molar-refractivity contribution is 0.671. The number of thiophene rings is 1. The Balaban J connectivity index is 2.20. The smallest absolute Gasteiger partial charge is 0.135 e. The van der Waals surface area contributed by atoms with Crippen molar-refractivity contribution in [3.8, 4) is 0 Å². The molecule has 21 heavy (non-hydrogen) atoms. The van der Waals surface area contributed by atoms with Crippen molar-refractivity contribution >= 4 is 23.0 Å². The van der Waals surface area contributed by atoms with Crippen LogP contribution in [0.4, 0.5) is 11.6 Å². The Kier molecular flexibility index (Phi) is 5.17. The molecule has 0 saturated heterocycles. The monoisotopic (exact) mass is 304 g/mol. The summed E-state index contributed by atoms with van der Waals surface area (Å²) < 4.78 is 0. The minimum atomic E-state index is 0.318. The van der Waals surface area contributed by atoms with Gasteiger partial charge in [0.15, 0.2) is 0 Å². The SMILES string of the molecule is CNc1cc(N(C)C(C)Cc2cccs2)nc(C(C)C)n1. The molecule has 0 saturated carbocycles. The Morgan fingerprint density at radius 3 is 2.62 bits per heavy atom. The second-order valence-corrected chi connectivity index (χ2v) is 6.65. The highest BCUT2D eigenvalue weighted by Crippen LogP contribution is 2.22. The summed E-state index contributed by atoms with van der Waals surface area (Å²) in [4.78, 5) is 12.9. The molecule has 4 nitrogen and oxygen atoms in total. The molecule has 1 unspecified atom stereocenters. The van der Waals surface area contributed by atoms with Crippen LogP contribution in [0, 0.1) is 0 Å². The average Bonchev–Trinajstić information content (AvgIpc) is 2.98. The van der Waals surface area contributed by atoms with Gasteiger partial charge in [-0.3, -0.25) is 0 Å². The van der Waals surface area contributed by atoms with Crippen molar-refractivity contribution in [1.82, 2.24) is 9.97 Å². The van der Waals surface area contributed by atoms with Gasteiger partial charge in [0, 0.05) is 43.4 Å². The van der Waals surface area contributed by atoms with Crippen LogP contribution in [0.1, 0.15) is 37.4 Å². The summed E-state index contributed by atoms with van der Waals surface area (Å²) in [6.07, 6.45) is 1.03. The Hall–Kier alpha value is -1.62. The standard InChI is InChI=1S/C16H24N4S/c1-11(2)16-18-14(17-4)10-15(19-16)20(5)12(3)9-13-7-6-8-21-13/h6-8,10-12H,9H2,1-5H3,(H,17,18,19). The van der Waals surface area contributed by atoms with Crippen LogP contribution >= 0.6 is 11.3 Å². The van der Waals surface area contributed by atoms with Crippen molar-refractivity contribution < 1.29 is 0 Å². The zero-order valence-corrected chi connectivity index (χ0v) is 14.2. The van der Waals surface area contributed by atoms with Gasteiger partial charge in [0.05, 0.1) is 0 Å². The van der Waals surface area contributed by atoms with E-state index in [1.807, 2.05) is 24.5 Å². The molecule has 0 fully saturated rings. The topological polar surface area (TPSA) is 41.0 Å². The fraction of sp³-hybridized carbons (Fsp3) is 0.500. The normalized spacial score (nSPS) is 12.5. The first-order chi connectivity index (χ1) is 10.0. The van der Waals surface area contributed by atoms with E-state index in [1.165, 1.54) is 4.88 Å².